The van der Waals surface area contributed by atoms with Crippen LogP contribution in [-0.4, -0.2) is 12.7 Å². The first-order chi connectivity index (χ1) is 6.36. The molecule has 2 atom stereocenters. The maximum Gasteiger partial charge on any atom is 0.103 e. The van der Waals surface area contributed by atoms with Gasteiger partial charge in [-0.2, -0.15) is 0 Å². The summed E-state index contributed by atoms with van der Waals surface area (Å²) in [6.07, 6.45) is 0.638. The first kappa shape index (κ1) is 8.70. The van der Waals surface area contributed by atoms with Crippen LogP contribution in [0.3, 0.4) is 0 Å². The molecule has 0 saturated carbocycles. The zero-order valence-electron chi connectivity index (χ0n) is 7.54. The van der Waals surface area contributed by atoms with E-state index in [1.807, 2.05) is 18.2 Å². The first-order valence-corrected chi connectivity index (χ1v) is 4.78. The molecule has 0 aromatic heterocycles. The minimum Gasteiger partial charge on any atom is -0.310 e. The van der Waals surface area contributed by atoms with Crippen LogP contribution in [-0.2, 0) is 0 Å². The Morgan fingerprint density at radius 2 is 2.00 bits per heavy atom. The largest absolute Gasteiger partial charge is 0.310 e. The molecule has 1 saturated heterocycles. The van der Waals surface area contributed by atoms with Crippen LogP contribution in [0.5, 0.6) is 0 Å². The Bertz CT molecular complexity index is 260. The molecule has 0 bridgehead atoms. The molecule has 1 aliphatic rings. The molecule has 1 aromatic carbocycles. The molecular formula is C11H14FN. The number of rotatable bonds is 1. The van der Waals surface area contributed by atoms with Crippen molar-refractivity contribution in [3.8, 4) is 0 Å². The molecule has 1 nitrogen and oxygen atoms in total. The van der Waals surface area contributed by atoms with Gasteiger partial charge in [-0.15, -0.1) is 0 Å². The fraction of sp³-hybridized carbons (Fsp3) is 0.455. The number of piperidine rings is 1. The van der Waals surface area contributed by atoms with E-state index in [-0.39, 0.29) is 6.04 Å². The number of alkyl halides is 1. The Balaban J connectivity index is 2.08. The average molecular weight is 179 g/mol. The molecule has 2 rings (SSSR count). The molecule has 2 heteroatoms. The van der Waals surface area contributed by atoms with Gasteiger partial charge in [-0.25, -0.2) is 4.39 Å². The highest BCUT2D eigenvalue weighted by Crippen LogP contribution is 2.24. The lowest BCUT2D eigenvalue weighted by Crippen LogP contribution is -2.32. The van der Waals surface area contributed by atoms with Crippen molar-refractivity contribution in [2.24, 2.45) is 0 Å². The lowest BCUT2D eigenvalue weighted by Gasteiger charge is -2.26. The van der Waals surface area contributed by atoms with E-state index in [0.29, 0.717) is 12.8 Å². The number of hydrogen-bond donors (Lipinski definition) is 1. The second-order valence-electron chi connectivity index (χ2n) is 3.54. The van der Waals surface area contributed by atoms with Crippen LogP contribution < -0.4 is 5.32 Å². The highest BCUT2D eigenvalue weighted by molar-refractivity contribution is 5.19. The summed E-state index contributed by atoms with van der Waals surface area (Å²) >= 11 is 0. The van der Waals surface area contributed by atoms with Crippen molar-refractivity contribution in [2.45, 2.75) is 25.1 Å². The molecular weight excluding hydrogens is 165 g/mol. The molecule has 1 fully saturated rings. The minimum atomic E-state index is -0.633. The number of benzene rings is 1. The third kappa shape index (κ3) is 2.07. The van der Waals surface area contributed by atoms with Crippen LogP contribution >= 0.6 is 0 Å². The number of hydrogen-bond acceptors (Lipinski definition) is 1. The zero-order chi connectivity index (χ0) is 9.10. The SMILES string of the molecule is FC1CCNC(c2ccccc2)C1. The van der Waals surface area contributed by atoms with Gasteiger partial charge in [-0.3, -0.25) is 0 Å². The number of nitrogens with one attached hydrogen (secondary N) is 1. The van der Waals surface area contributed by atoms with E-state index in [4.69, 9.17) is 0 Å². The van der Waals surface area contributed by atoms with E-state index >= 15 is 0 Å². The van der Waals surface area contributed by atoms with Gasteiger partial charge in [0.15, 0.2) is 0 Å². The van der Waals surface area contributed by atoms with Crippen LogP contribution in [0.4, 0.5) is 4.39 Å². The van der Waals surface area contributed by atoms with Gasteiger partial charge in [-0.05, 0) is 24.9 Å². The monoisotopic (exact) mass is 179 g/mol. The quantitative estimate of drug-likeness (QED) is 0.698. The second kappa shape index (κ2) is 3.88. The van der Waals surface area contributed by atoms with Gasteiger partial charge in [0, 0.05) is 6.04 Å². The molecule has 1 aliphatic heterocycles. The van der Waals surface area contributed by atoms with E-state index in [1.54, 1.807) is 0 Å². The maximum atomic E-state index is 13.1. The fourth-order valence-corrected chi connectivity index (χ4v) is 1.81. The lowest BCUT2D eigenvalue weighted by atomic mass is 9.96. The molecule has 2 unspecified atom stereocenters. The summed E-state index contributed by atoms with van der Waals surface area (Å²) in [7, 11) is 0. The predicted molar refractivity (Wildman–Crippen MR) is 51.3 cm³/mol. The van der Waals surface area contributed by atoms with Gasteiger partial charge in [-0.1, -0.05) is 30.3 Å². The van der Waals surface area contributed by atoms with Crippen molar-refractivity contribution in [3.63, 3.8) is 0 Å². The van der Waals surface area contributed by atoms with Crippen LogP contribution in [0.2, 0.25) is 0 Å². The lowest BCUT2D eigenvalue weighted by molar-refractivity contribution is 0.224. The molecule has 0 amide bonds. The van der Waals surface area contributed by atoms with Crippen molar-refractivity contribution in [1.29, 1.82) is 0 Å². The van der Waals surface area contributed by atoms with Crippen LogP contribution in [0.15, 0.2) is 30.3 Å². The molecule has 0 spiro atoms. The van der Waals surface area contributed by atoms with Crippen molar-refractivity contribution in [2.75, 3.05) is 6.54 Å². The molecule has 1 aromatic rings. The summed E-state index contributed by atoms with van der Waals surface area (Å²) in [5.41, 5.74) is 1.20. The van der Waals surface area contributed by atoms with Crippen molar-refractivity contribution < 1.29 is 4.39 Å². The van der Waals surface area contributed by atoms with E-state index < -0.39 is 6.17 Å². The molecule has 13 heavy (non-hydrogen) atoms. The third-order valence-corrected chi connectivity index (χ3v) is 2.54. The van der Waals surface area contributed by atoms with Gasteiger partial charge in [0.1, 0.15) is 6.17 Å². The van der Waals surface area contributed by atoms with Crippen molar-refractivity contribution >= 4 is 0 Å². The Morgan fingerprint density at radius 3 is 2.69 bits per heavy atom. The van der Waals surface area contributed by atoms with E-state index in [0.717, 1.165) is 6.54 Å². The average Bonchev–Trinajstić information content (AvgIpc) is 2.19. The Kier molecular flexibility index (Phi) is 2.60. The maximum absolute atomic E-state index is 13.1. The smallest absolute Gasteiger partial charge is 0.103 e. The normalized spacial score (nSPS) is 28.7. The van der Waals surface area contributed by atoms with Gasteiger partial charge < -0.3 is 5.32 Å². The first-order valence-electron chi connectivity index (χ1n) is 4.78. The summed E-state index contributed by atoms with van der Waals surface area (Å²) in [6, 6.07) is 10.3. The van der Waals surface area contributed by atoms with Gasteiger partial charge in [0.25, 0.3) is 0 Å². The topological polar surface area (TPSA) is 12.0 Å². The predicted octanol–water partition coefficient (Wildman–Crippen LogP) is 2.45. The minimum absolute atomic E-state index is 0.213. The van der Waals surface area contributed by atoms with E-state index in [2.05, 4.69) is 17.4 Å². The van der Waals surface area contributed by atoms with Gasteiger partial charge >= 0.3 is 0 Å². The fourth-order valence-electron chi connectivity index (χ4n) is 1.81. The van der Waals surface area contributed by atoms with E-state index in [9.17, 15) is 4.39 Å². The summed E-state index contributed by atoms with van der Waals surface area (Å²) in [5, 5.41) is 3.33. The second-order valence-corrected chi connectivity index (χ2v) is 3.54. The summed E-state index contributed by atoms with van der Waals surface area (Å²) in [5.74, 6) is 0. The Hall–Kier alpha value is -0.890. The van der Waals surface area contributed by atoms with Crippen molar-refractivity contribution in [1.82, 2.24) is 5.32 Å². The molecule has 70 valence electrons. The van der Waals surface area contributed by atoms with Crippen LogP contribution in [0, 0.1) is 0 Å². The third-order valence-electron chi connectivity index (χ3n) is 2.54. The number of halogens is 1. The Labute approximate surface area is 78.0 Å². The zero-order valence-corrected chi connectivity index (χ0v) is 7.54. The molecule has 1 N–H and O–H groups in total. The van der Waals surface area contributed by atoms with Crippen LogP contribution in [0.1, 0.15) is 24.4 Å². The van der Waals surface area contributed by atoms with E-state index in [1.165, 1.54) is 5.56 Å². The summed E-state index contributed by atoms with van der Waals surface area (Å²) in [6.45, 7) is 0.792. The van der Waals surface area contributed by atoms with Gasteiger partial charge in [0.05, 0.1) is 0 Å². The molecule has 0 radical (unpaired) electrons. The van der Waals surface area contributed by atoms with Crippen LogP contribution in [0.25, 0.3) is 0 Å². The Morgan fingerprint density at radius 1 is 1.23 bits per heavy atom. The standard InChI is InChI=1S/C11H14FN/c12-10-6-7-13-11(8-10)9-4-2-1-3-5-9/h1-5,10-11,13H,6-8H2. The molecule has 0 aliphatic carbocycles. The van der Waals surface area contributed by atoms with Crippen molar-refractivity contribution in [3.05, 3.63) is 35.9 Å². The highest BCUT2D eigenvalue weighted by Gasteiger charge is 2.21. The highest BCUT2D eigenvalue weighted by atomic mass is 19.1. The van der Waals surface area contributed by atoms with Gasteiger partial charge in [0.2, 0.25) is 0 Å². The summed E-state index contributed by atoms with van der Waals surface area (Å²) < 4.78 is 13.1. The summed E-state index contributed by atoms with van der Waals surface area (Å²) in [4.78, 5) is 0. The molecule has 1 heterocycles.